The number of carboxylic acid groups (broad SMARTS) is 1. The van der Waals surface area contributed by atoms with Gasteiger partial charge in [0, 0.05) is 18.5 Å². The Hall–Kier alpha value is -3.06. The number of carboxylic acids is 1. The number of nitrogens with zero attached hydrogens (tertiary/aromatic N) is 2. The summed E-state index contributed by atoms with van der Waals surface area (Å²) in [7, 11) is 3.26. The molecule has 140 valence electrons. The number of anilines is 1. The maximum atomic E-state index is 11.2. The lowest BCUT2D eigenvalue weighted by Gasteiger charge is -2.22. The van der Waals surface area contributed by atoms with Crippen LogP contribution in [0.25, 0.3) is 0 Å². The molecular formula is C20H20N2O4S. The van der Waals surface area contributed by atoms with Gasteiger partial charge < -0.3 is 19.5 Å². The van der Waals surface area contributed by atoms with Crippen molar-refractivity contribution < 1.29 is 19.4 Å². The van der Waals surface area contributed by atoms with Gasteiger partial charge in [0.1, 0.15) is 11.5 Å². The monoisotopic (exact) mass is 384 g/mol. The first-order valence-corrected chi connectivity index (χ1v) is 9.16. The van der Waals surface area contributed by atoms with Gasteiger partial charge in [-0.05, 0) is 35.4 Å². The van der Waals surface area contributed by atoms with Crippen LogP contribution in [0.5, 0.6) is 11.5 Å². The molecule has 2 aromatic carbocycles. The van der Waals surface area contributed by atoms with E-state index in [4.69, 9.17) is 9.47 Å². The molecule has 0 aliphatic rings. The summed E-state index contributed by atoms with van der Waals surface area (Å²) < 4.78 is 10.6. The van der Waals surface area contributed by atoms with Crippen LogP contribution in [0, 0.1) is 0 Å². The number of thiazole rings is 1. The van der Waals surface area contributed by atoms with Crippen molar-refractivity contribution in [1.29, 1.82) is 0 Å². The number of carbonyl (C=O) groups is 1. The zero-order chi connectivity index (χ0) is 19.2. The van der Waals surface area contributed by atoms with Crippen molar-refractivity contribution in [3.63, 3.8) is 0 Å². The van der Waals surface area contributed by atoms with E-state index in [1.165, 1.54) is 11.3 Å². The molecule has 1 N–H and O–H groups in total. The predicted molar refractivity (Wildman–Crippen MR) is 105 cm³/mol. The van der Waals surface area contributed by atoms with Crippen LogP contribution >= 0.6 is 11.3 Å². The summed E-state index contributed by atoms with van der Waals surface area (Å²) in [5.41, 5.74) is 2.14. The summed E-state index contributed by atoms with van der Waals surface area (Å²) in [5.74, 6) is 0.526. The summed E-state index contributed by atoms with van der Waals surface area (Å²) in [6, 6.07) is 15.6. The summed E-state index contributed by atoms with van der Waals surface area (Å²) in [6.45, 7) is 1.14. The molecule has 3 aromatic rings. The van der Waals surface area contributed by atoms with E-state index in [0.717, 1.165) is 22.6 Å². The molecule has 0 atom stereocenters. The van der Waals surface area contributed by atoms with Gasteiger partial charge in [0.15, 0.2) is 10.8 Å². The van der Waals surface area contributed by atoms with E-state index >= 15 is 0 Å². The van der Waals surface area contributed by atoms with Crippen molar-refractivity contribution in [1.82, 2.24) is 4.98 Å². The van der Waals surface area contributed by atoms with E-state index in [1.807, 2.05) is 53.4 Å². The first kappa shape index (κ1) is 18.7. The average Bonchev–Trinajstić information content (AvgIpc) is 3.18. The molecule has 0 fully saturated rings. The first-order chi connectivity index (χ1) is 13.1. The van der Waals surface area contributed by atoms with Crippen molar-refractivity contribution in [2.75, 3.05) is 19.1 Å². The van der Waals surface area contributed by atoms with Crippen LogP contribution in [0.3, 0.4) is 0 Å². The number of hydrogen-bond acceptors (Lipinski definition) is 6. The van der Waals surface area contributed by atoms with Crippen molar-refractivity contribution >= 4 is 22.4 Å². The third-order valence-electron chi connectivity index (χ3n) is 4.00. The lowest BCUT2D eigenvalue weighted by molar-refractivity contribution is 0.0691. The molecule has 27 heavy (non-hydrogen) atoms. The SMILES string of the molecule is COc1cccc(CN(Cc2cccc(OC)c2)c2nc(C(=O)O)cs2)c1. The molecule has 0 aliphatic carbocycles. The maximum absolute atomic E-state index is 11.2. The second kappa shape index (κ2) is 8.55. The Bertz CT molecular complexity index is 876. The molecule has 0 saturated heterocycles. The summed E-state index contributed by atoms with van der Waals surface area (Å²) in [5, 5.41) is 11.4. The first-order valence-electron chi connectivity index (χ1n) is 8.28. The third-order valence-corrected chi connectivity index (χ3v) is 4.90. The van der Waals surface area contributed by atoms with Crippen LogP contribution in [0.2, 0.25) is 0 Å². The Balaban J connectivity index is 1.90. The minimum absolute atomic E-state index is 0.0521. The minimum Gasteiger partial charge on any atom is -0.497 e. The standard InChI is InChI=1S/C20H20N2O4S/c1-25-16-7-3-5-14(9-16)11-22(20-21-18(13-27-20)19(23)24)12-15-6-4-8-17(10-15)26-2/h3-10,13H,11-12H2,1-2H3,(H,23,24). The Morgan fingerprint density at radius 2 is 1.59 bits per heavy atom. The fraction of sp³-hybridized carbons (Fsp3) is 0.200. The van der Waals surface area contributed by atoms with Gasteiger partial charge in [-0.2, -0.15) is 0 Å². The lowest BCUT2D eigenvalue weighted by atomic mass is 10.1. The fourth-order valence-electron chi connectivity index (χ4n) is 2.68. The zero-order valence-corrected chi connectivity index (χ0v) is 15.9. The van der Waals surface area contributed by atoms with E-state index in [0.29, 0.717) is 18.2 Å². The number of hydrogen-bond donors (Lipinski definition) is 1. The Morgan fingerprint density at radius 3 is 2.04 bits per heavy atom. The summed E-state index contributed by atoms with van der Waals surface area (Å²) >= 11 is 1.32. The number of methoxy groups -OCH3 is 2. The molecule has 1 aromatic heterocycles. The van der Waals surface area contributed by atoms with Crippen molar-refractivity contribution in [3.05, 3.63) is 70.7 Å². The molecule has 3 rings (SSSR count). The van der Waals surface area contributed by atoms with Gasteiger partial charge in [-0.3, -0.25) is 0 Å². The second-order valence-electron chi connectivity index (χ2n) is 5.88. The summed E-state index contributed by atoms with van der Waals surface area (Å²) in [6.07, 6.45) is 0. The number of benzene rings is 2. The van der Waals surface area contributed by atoms with Crippen molar-refractivity contribution in [2.24, 2.45) is 0 Å². The number of aromatic nitrogens is 1. The van der Waals surface area contributed by atoms with Gasteiger partial charge in [-0.25, -0.2) is 9.78 Å². The van der Waals surface area contributed by atoms with Crippen LogP contribution in [0.15, 0.2) is 53.9 Å². The number of ether oxygens (including phenoxy) is 2. The molecule has 1 heterocycles. The van der Waals surface area contributed by atoms with Gasteiger partial charge in [0.25, 0.3) is 0 Å². The molecule has 7 heteroatoms. The van der Waals surface area contributed by atoms with E-state index in [9.17, 15) is 9.90 Å². The largest absolute Gasteiger partial charge is 0.497 e. The van der Waals surface area contributed by atoms with Gasteiger partial charge >= 0.3 is 5.97 Å². The molecule has 0 bridgehead atoms. The quantitative estimate of drug-likeness (QED) is 0.631. The third kappa shape index (κ3) is 4.77. The maximum Gasteiger partial charge on any atom is 0.355 e. The van der Waals surface area contributed by atoms with E-state index in [1.54, 1.807) is 19.6 Å². The normalized spacial score (nSPS) is 10.4. The highest BCUT2D eigenvalue weighted by atomic mass is 32.1. The molecule has 0 amide bonds. The Labute approximate surface area is 161 Å². The molecule has 0 saturated carbocycles. The van der Waals surface area contributed by atoms with Crippen LogP contribution < -0.4 is 14.4 Å². The van der Waals surface area contributed by atoms with Gasteiger partial charge in [-0.1, -0.05) is 24.3 Å². The fourth-order valence-corrected chi connectivity index (χ4v) is 3.48. The predicted octanol–water partition coefficient (Wildman–Crippen LogP) is 4.07. The highest BCUT2D eigenvalue weighted by Gasteiger charge is 2.16. The Kier molecular flexibility index (Phi) is 5.93. The molecule has 0 unspecified atom stereocenters. The molecular weight excluding hydrogens is 364 g/mol. The van der Waals surface area contributed by atoms with Crippen molar-refractivity contribution in [2.45, 2.75) is 13.1 Å². The van der Waals surface area contributed by atoms with Crippen molar-refractivity contribution in [3.8, 4) is 11.5 Å². The van der Waals surface area contributed by atoms with Crippen LogP contribution in [0.4, 0.5) is 5.13 Å². The average molecular weight is 384 g/mol. The molecule has 0 radical (unpaired) electrons. The minimum atomic E-state index is -1.03. The van der Waals surface area contributed by atoms with E-state index < -0.39 is 5.97 Å². The van der Waals surface area contributed by atoms with Crippen LogP contribution in [-0.2, 0) is 13.1 Å². The summed E-state index contributed by atoms with van der Waals surface area (Å²) in [4.78, 5) is 17.5. The van der Waals surface area contributed by atoms with Gasteiger partial charge in [-0.15, -0.1) is 11.3 Å². The topological polar surface area (TPSA) is 71.9 Å². The van der Waals surface area contributed by atoms with E-state index in [2.05, 4.69) is 4.98 Å². The van der Waals surface area contributed by atoms with Crippen LogP contribution in [-0.4, -0.2) is 30.3 Å². The molecule has 0 spiro atoms. The smallest absolute Gasteiger partial charge is 0.355 e. The van der Waals surface area contributed by atoms with Gasteiger partial charge in [0.2, 0.25) is 0 Å². The second-order valence-corrected chi connectivity index (χ2v) is 6.72. The van der Waals surface area contributed by atoms with Crippen LogP contribution in [0.1, 0.15) is 21.6 Å². The van der Waals surface area contributed by atoms with E-state index in [-0.39, 0.29) is 5.69 Å². The Morgan fingerprint density at radius 1 is 1.04 bits per heavy atom. The number of rotatable bonds is 8. The van der Waals surface area contributed by atoms with Gasteiger partial charge in [0.05, 0.1) is 14.2 Å². The lowest BCUT2D eigenvalue weighted by Crippen LogP contribution is -2.22. The highest BCUT2D eigenvalue weighted by Crippen LogP contribution is 2.26. The number of aromatic carboxylic acids is 1. The molecule has 0 aliphatic heterocycles. The highest BCUT2D eigenvalue weighted by molar-refractivity contribution is 7.13. The molecule has 6 nitrogen and oxygen atoms in total. The zero-order valence-electron chi connectivity index (χ0n) is 15.1.